The number of carbonyl (C=O) groups excluding carboxylic acids is 1. The molecule has 0 atom stereocenters. The molecular weight excluding hydrogens is 374 g/mol. The van der Waals surface area contributed by atoms with Crippen LogP contribution in [0.15, 0.2) is 59.5 Å². The van der Waals surface area contributed by atoms with Gasteiger partial charge in [0, 0.05) is 12.6 Å². The van der Waals surface area contributed by atoms with Crippen LogP contribution in [0.5, 0.6) is 0 Å². The highest BCUT2D eigenvalue weighted by Crippen LogP contribution is 2.13. The number of esters is 1. The summed E-state index contributed by atoms with van der Waals surface area (Å²) in [6, 6.07) is 14.3. The summed E-state index contributed by atoms with van der Waals surface area (Å²) in [6.45, 7) is 4.63. The van der Waals surface area contributed by atoms with Crippen molar-refractivity contribution in [3.63, 3.8) is 0 Å². The van der Waals surface area contributed by atoms with Crippen LogP contribution in [0.2, 0.25) is 0 Å². The molecule has 5 nitrogen and oxygen atoms in total. The van der Waals surface area contributed by atoms with Crippen LogP contribution in [0.3, 0.4) is 0 Å². The van der Waals surface area contributed by atoms with Gasteiger partial charge < -0.3 is 4.74 Å². The summed E-state index contributed by atoms with van der Waals surface area (Å²) in [6.07, 6.45) is 5.44. The van der Waals surface area contributed by atoms with E-state index in [-0.39, 0.29) is 17.4 Å². The highest BCUT2D eigenvalue weighted by Gasteiger charge is 2.13. The van der Waals surface area contributed by atoms with Crippen LogP contribution in [-0.2, 0) is 26.0 Å². The third-order valence-corrected chi connectivity index (χ3v) is 5.69. The Morgan fingerprint density at radius 2 is 1.82 bits per heavy atom. The molecule has 0 bridgehead atoms. The number of hydrogen-bond acceptors (Lipinski definition) is 4. The van der Waals surface area contributed by atoms with Gasteiger partial charge in [-0.15, -0.1) is 0 Å². The van der Waals surface area contributed by atoms with E-state index in [9.17, 15) is 13.2 Å². The van der Waals surface area contributed by atoms with E-state index >= 15 is 0 Å². The second-order valence-corrected chi connectivity index (χ2v) is 8.28. The van der Waals surface area contributed by atoms with Gasteiger partial charge in [0.2, 0.25) is 10.0 Å². The number of aryl methyl sites for hydroxylation is 1. The molecule has 0 aliphatic rings. The number of nitrogens with one attached hydrogen (secondary N) is 1. The first-order chi connectivity index (χ1) is 13.4. The predicted octanol–water partition coefficient (Wildman–Crippen LogP) is 3.87. The van der Waals surface area contributed by atoms with Gasteiger partial charge in [-0.25, -0.2) is 17.9 Å². The molecule has 2 aromatic carbocycles. The highest BCUT2D eigenvalue weighted by molar-refractivity contribution is 7.89. The van der Waals surface area contributed by atoms with Crippen LogP contribution in [0.25, 0.3) is 6.08 Å². The van der Waals surface area contributed by atoms with Crippen molar-refractivity contribution in [2.45, 2.75) is 38.0 Å². The Labute approximate surface area is 167 Å². The maximum Gasteiger partial charge on any atom is 0.330 e. The minimum absolute atomic E-state index is 0.251. The second kappa shape index (κ2) is 10.8. The third kappa shape index (κ3) is 6.94. The molecule has 0 radical (unpaired) electrons. The maximum atomic E-state index is 12.4. The van der Waals surface area contributed by atoms with Crippen LogP contribution >= 0.6 is 0 Å². The largest absolute Gasteiger partial charge is 0.463 e. The van der Waals surface area contributed by atoms with Gasteiger partial charge >= 0.3 is 5.97 Å². The molecule has 0 aliphatic heterocycles. The second-order valence-electron chi connectivity index (χ2n) is 6.51. The first-order valence-corrected chi connectivity index (χ1v) is 10.9. The molecule has 2 aromatic rings. The Hall–Kier alpha value is -2.44. The predicted molar refractivity (Wildman–Crippen MR) is 111 cm³/mol. The zero-order chi connectivity index (χ0) is 20.4. The SMILES string of the molecule is CCCCOC(=O)/C=C/c1ccccc1CCNS(=O)(=O)c1ccc(C)cc1. The monoisotopic (exact) mass is 401 g/mol. The van der Waals surface area contributed by atoms with E-state index in [2.05, 4.69) is 4.72 Å². The summed E-state index contributed by atoms with van der Waals surface area (Å²) in [4.78, 5) is 12.0. The van der Waals surface area contributed by atoms with E-state index in [4.69, 9.17) is 4.74 Å². The standard InChI is InChI=1S/C22H27NO4S/c1-3-4-17-27-22(24)14-11-19-7-5-6-8-20(19)15-16-23-28(25,26)21-12-9-18(2)10-13-21/h5-14,23H,3-4,15-17H2,1-2H3/b14-11+. The number of carbonyl (C=O) groups is 1. The van der Waals surface area contributed by atoms with Crippen molar-refractivity contribution in [3.05, 3.63) is 71.3 Å². The normalized spacial score (nSPS) is 11.6. The molecule has 1 N–H and O–H groups in total. The lowest BCUT2D eigenvalue weighted by atomic mass is 10.0. The van der Waals surface area contributed by atoms with Gasteiger partial charge in [-0.3, -0.25) is 0 Å². The average molecular weight is 402 g/mol. The first kappa shape index (κ1) is 21.9. The Morgan fingerprint density at radius 3 is 2.54 bits per heavy atom. The number of sulfonamides is 1. The van der Waals surface area contributed by atoms with Crippen molar-refractivity contribution in [1.29, 1.82) is 0 Å². The van der Waals surface area contributed by atoms with Crippen LogP contribution in [0, 0.1) is 6.92 Å². The molecule has 0 saturated heterocycles. The van der Waals surface area contributed by atoms with Crippen LogP contribution < -0.4 is 4.72 Å². The summed E-state index contributed by atoms with van der Waals surface area (Å²) in [5.41, 5.74) is 2.82. The minimum Gasteiger partial charge on any atom is -0.463 e. The van der Waals surface area contributed by atoms with Crippen molar-refractivity contribution in [3.8, 4) is 0 Å². The number of unbranched alkanes of at least 4 members (excludes halogenated alkanes) is 1. The molecule has 0 heterocycles. The molecule has 2 rings (SSSR count). The van der Waals surface area contributed by atoms with E-state index in [0.717, 1.165) is 29.5 Å². The fourth-order valence-electron chi connectivity index (χ4n) is 2.57. The average Bonchev–Trinajstić information content (AvgIpc) is 2.67. The molecule has 150 valence electrons. The van der Waals surface area contributed by atoms with E-state index in [1.54, 1.807) is 30.3 Å². The Bertz CT molecular complexity index is 902. The van der Waals surface area contributed by atoms with Crippen LogP contribution in [-0.4, -0.2) is 27.5 Å². The highest BCUT2D eigenvalue weighted by atomic mass is 32.2. The minimum atomic E-state index is -3.54. The van der Waals surface area contributed by atoms with Gasteiger partial charge in [-0.1, -0.05) is 55.3 Å². The van der Waals surface area contributed by atoms with Crippen molar-refractivity contribution in [2.24, 2.45) is 0 Å². The topological polar surface area (TPSA) is 72.5 Å². The van der Waals surface area contributed by atoms with Gasteiger partial charge in [-0.2, -0.15) is 0 Å². The molecule has 0 amide bonds. The number of hydrogen-bond donors (Lipinski definition) is 1. The van der Waals surface area contributed by atoms with Gasteiger partial charge in [-0.05, 0) is 49.1 Å². The van der Waals surface area contributed by atoms with Crippen molar-refractivity contribution < 1.29 is 17.9 Å². The Kier molecular flexibility index (Phi) is 8.42. The van der Waals surface area contributed by atoms with Crippen molar-refractivity contribution >= 4 is 22.1 Å². The summed E-state index contributed by atoms with van der Waals surface area (Å²) in [5.74, 6) is -0.372. The molecule has 0 spiro atoms. The summed E-state index contributed by atoms with van der Waals surface area (Å²) < 4.78 is 32.5. The Morgan fingerprint density at radius 1 is 1.11 bits per heavy atom. The zero-order valence-electron chi connectivity index (χ0n) is 16.4. The van der Waals surface area contributed by atoms with Crippen molar-refractivity contribution in [1.82, 2.24) is 4.72 Å². The zero-order valence-corrected chi connectivity index (χ0v) is 17.2. The smallest absolute Gasteiger partial charge is 0.330 e. The Balaban J connectivity index is 1.96. The number of ether oxygens (including phenoxy) is 1. The molecule has 28 heavy (non-hydrogen) atoms. The number of rotatable bonds is 10. The van der Waals surface area contributed by atoms with Gasteiger partial charge in [0.05, 0.1) is 11.5 Å². The van der Waals surface area contributed by atoms with E-state index in [1.165, 1.54) is 6.08 Å². The number of benzene rings is 2. The fourth-order valence-corrected chi connectivity index (χ4v) is 3.60. The molecule has 0 aliphatic carbocycles. The first-order valence-electron chi connectivity index (χ1n) is 9.41. The summed E-state index contributed by atoms with van der Waals surface area (Å²) in [5, 5.41) is 0. The lowest BCUT2D eigenvalue weighted by Gasteiger charge is -2.09. The van der Waals surface area contributed by atoms with Crippen molar-refractivity contribution in [2.75, 3.05) is 13.2 Å². The maximum absolute atomic E-state index is 12.4. The van der Waals surface area contributed by atoms with Crippen LogP contribution in [0.1, 0.15) is 36.5 Å². The van der Waals surface area contributed by atoms with E-state index in [0.29, 0.717) is 13.0 Å². The molecule has 0 aromatic heterocycles. The molecule has 0 unspecified atom stereocenters. The van der Waals surface area contributed by atoms with Gasteiger partial charge in [0.15, 0.2) is 0 Å². The van der Waals surface area contributed by atoms with E-state index < -0.39 is 10.0 Å². The fraction of sp³-hybridized carbons (Fsp3) is 0.318. The summed E-state index contributed by atoms with van der Waals surface area (Å²) in [7, 11) is -3.54. The molecule has 0 fully saturated rings. The molecule has 0 saturated carbocycles. The lowest BCUT2D eigenvalue weighted by molar-refractivity contribution is -0.137. The van der Waals surface area contributed by atoms with Gasteiger partial charge in [0.25, 0.3) is 0 Å². The lowest BCUT2D eigenvalue weighted by Crippen LogP contribution is -2.26. The van der Waals surface area contributed by atoms with Crippen LogP contribution in [0.4, 0.5) is 0 Å². The quantitative estimate of drug-likeness (QED) is 0.373. The van der Waals surface area contributed by atoms with E-state index in [1.807, 2.05) is 38.1 Å². The third-order valence-electron chi connectivity index (χ3n) is 4.21. The molecule has 6 heteroatoms. The summed E-state index contributed by atoms with van der Waals surface area (Å²) >= 11 is 0. The molecular formula is C22H27NO4S. The van der Waals surface area contributed by atoms with Gasteiger partial charge in [0.1, 0.15) is 0 Å².